The number of aromatic nitrogens is 1. The number of rotatable bonds is 5. The number of hydrogen-bond donors (Lipinski definition) is 1. The molecule has 0 fully saturated rings. The van der Waals surface area contributed by atoms with Crippen LogP contribution < -0.4 is 9.47 Å². The van der Waals surface area contributed by atoms with Gasteiger partial charge in [-0.1, -0.05) is 6.07 Å². The second kappa shape index (κ2) is 6.72. The van der Waals surface area contributed by atoms with Crippen LogP contribution in [0.25, 0.3) is 0 Å². The molecule has 4 nitrogen and oxygen atoms in total. The number of methoxy groups -OCH3 is 2. The van der Waals surface area contributed by atoms with Crippen molar-refractivity contribution in [3.05, 3.63) is 52.3 Å². The van der Waals surface area contributed by atoms with Gasteiger partial charge in [0.15, 0.2) is 0 Å². The Morgan fingerprint density at radius 3 is 2.60 bits per heavy atom. The lowest BCUT2D eigenvalue weighted by atomic mass is 10.0. The fourth-order valence-corrected chi connectivity index (χ4v) is 2.69. The molecule has 2 aromatic rings. The Morgan fingerprint density at radius 1 is 1.20 bits per heavy atom. The first-order chi connectivity index (χ1) is 9.67. The van der Waals surface area contributed by atoms with Crippen molar-refractivity contribution >= 4 is 15.9 Å². The summed E-state index contributed by atoms with van der Waals surface area (Å²) in [5, 5.41) is 10.4. The van der Waals surface area contributed by atoms with Crippen molar-refractivity contribution in [1.82, 2.24) is 4.98 Å². The van der Waals surface area contributed by atoms with Gasteiger partial charge >= 0.3 is 0 Å². The molecule has 2 rings (SSSR count). The smallest absolute Gasteiger partial charge is 0.142 e. The summed E-state index contributed by atoms with van der Waals surface area (Å²) in [6.07, 6.45) is 1.45. The summed E-state index contributed by atoms with van der Waals surface area (Å²) in [5.74, 6) is 1.24. The van der Waals surface area contributed by atoms with E-state index in [1.54, 1.807) is 32.5 Å². The molecule has 1 N–H and O–H groups in total. The summed E-state index contributed by atoms with van der Waals surface area (Å²) >= 11 is 3.43. The van der Waals surface area contributed by atoms with Crippen LogP contribution in [0.4, 0.5) is 0 Å². The molecule has 20 heavy (non-hydrogen) atoms. The molecule has 0 bridgehead atoms. The molecule has 0 saturated carbocycles. The van der Waals surface area contributed by atoms with Crippen LogP contribution in [0.1, 0.15) is 17.4 Å². The molecule has 1 heterocycles. The van der Waals surface area contributed by atoms with Gasteiger partial charge < -0.3 is 14.6 Å². The Kier molecular flexibility index (Phi) is 4.98. The molecular formula is C15H16BrNO3. The van der Waals surface area contributed by atoms with Crippen LogP contribution >= 0.6 is 15.9 Å². The number of aliphatic hydroxyl groups is 1. The van der Waals surface area contributed by atoms with E-state index in [1.807, 2.05) is 18.2 Å². The van der Waals surface area contributed by atoms with Crippen LogP contribution in [0.5, 0.6) is 11.5 Å². The molecule has 0 saturated heterocycles. The van der Waals surface area contributed by atoms with Crippen molar-refractivity contribution in [2.45, 2.75) is 12.5 Å². The maximum atomic E-state index is 10.4. The van der Waals surface area contributed by atoms with Gasteiger partial charge in [0.2, 0.25) is 0 Å². The molecule has 0 radical (unpaired) electrons. The molecule has 1 aromatic heterocycles. The van der Waals surface area contributed by atoms with E-state index < -0.39 is 6.10 Å². The van der Waals surface area contributed by atoms with Crippen molar-refractivity contribution in [2.24, 2.45) is 0 Å². The van der Waals surface area contributed by atoms with E-state index in [2.05, 4.69) is 20.9 Å². The number of aliphatic hydroxyl groups excluding tert-OH is 1. The third-order valence-electron chi connectivity index (χ3n) is 3.00. The Labute approximate surface area is 126 Å². The number of pyridine rings is 1. The average molecular weight is 338 g/mol. The highest BCUT2D eigenvalue weighted by Crippen LogP contribution is 2.40. The molecule has 1 aromatic carbocycles. The summed E-state index contributed by atoms with van der Waals surface area (Å²) in [4.78, 5) is 4.22. The van der Waals surface area contributed by atoms with Gasteiger partial charge in [0.25, 0.3) is 0 Å². The lowest BCUT2D eigenvalue weighted by Gasteiger charge is -2.17. The van der Waals surface area contributed by atoms with Gasteiger partial charge in [0.05, 0.1) is 20.3 Å². The number of halogens is 1. The fourth-order valence-electron chi connectivity index (χ4n) is 2.01. The minimum Gasteiger partial charge on any atom is -0.495 e. The minimum atomic E-state index is -0.693. The number of benzene rings is 1. The summed E-state index contributed by atoms with van der Waals surface area (Å²) in [5.41, 5.74) is 1.53. The van der Waals surface area contributed by atoms with E-state index in [0.29, 0.717) is 28.0 Å². The Hall–Kier alpha value is -1.59. The largest absolute Gasteiger partial charge is 0.495 e. The van der Waals surface area contributed by atoms with Crippen LogP contribution in [0, 0.1) is 0 Å². The van der Waals surface area contributed by atoms with Gasteiger partial charge in [-0.3, -0.25) is 4.98 Å². The first-order valence-electron chi connectivity index (χ1n) is 6.15. The van der Waals surface area contributed by atoms with E-state index in [9.17, 15) is 5.11 Å². The van der Waals surface area contributed by atoms with Gasteiger partial charge in [-0.25, -0.2) is 0 Å². The average Bonchev–Trinajstić information content (AvgIpc) is 2.47. The highest BCUT2D eigenvalue weighted by Gasteiger charge is 2.19. The molecule has 106 valence electrons. The Morgan fingerprint density at radius 2 is 2.00 bits per heavy atom. The second-order valence-corrected chi connectivity index (χ2v) is 5.04. The summed E-state index contributed by atoms with van der Waals surface area (Å²) < 4.78 is 11.3. The predicted molar refractivity (Wildman–Crippen MR) is 80.1 cm³/mol. The molecule has 0 aliphatic rings. The summed E-state index contributed by atoms with van der Waals surface area (Å²) in [7, 11) is 3.15. The van der Waals surface area contributed by atoms with Crippen molar-refractivity contribution < 1.29 is 14.6 Å². The Balaban J connectivity index is 2.30. The third-order valence-corrected chi connectivity index (χ3v) is 3.75. The lowest BCUT2D eigenvalue weighted by molar-refractivity contribution is 0.172. The molecule has 1 atom stereocenters. The van der Waals surface area contributed by atoms with Crippen molar-refractivity contribution in [3.8, 4) is 11.5 Å². The van der Waals surface area contributed by atoms with E-state index >= 15 is 0 Å². The predicted octanol–water partition coefficient (Wildman–Crippen LogP) is 3.14. The minimum absolute atomic E-state index is 0.427. The first-order valence-corrected chi connectivity index (χ1v) is 6.95. The van der Waals surface area contributed by atoms with E-state index in [4.69, 9.17) is 9.47 Å². The van der Waals surface area contributed by atoms with Crippen LogP contribution in [0.15, 0.2) is 41.0 Å². The molecule has 0 amide bonds. The van der Waals surface area contributed by atoms with Crippen LogP contribution in [-0.2, 0) is 6.42 Å². The quantitative estimate of drug-likeness (QED) is 0.910. The zero-order chi connectivity index (χ0) is 14.5. The standard InChI is InChI=1S/C15H16BrNO3/c1-19-13-7-6-11(15(20-2)14(13)16)12(18)9-10-5-3-4-8-17-10/h3-8,12,18H,9H2,1-2H3. The SMILES string of the molecule is COc1ccc(C(O)Cc2ccccn2)c(OC)c1Br. The summed E-state index contributed by atoms with van der Waals surface area (Å²) in [6, 6.07) is 9.23. The first kappa shape index (κ1) is 14.8. The molecular weight excluding hydrogens is 322 g/mol. The van der Waals surface area contributed by atoms with Crippen LogP contribution in [0.2, 0.25) is 0 Å². The number of hydrogen-bond acceptors (Lipinski definition) is 4. The molecule has 0 aliphatic carbocycles. The van der Waals surface area contributed by atoms with E-state index in [0.717, 1.165) is 5.69 Å². The van der Waals surface area contributed by atoms with Crippen molar-refractivity contribution in [3.63, 3.8) is 0 Å². The van der Waals surface area contributed by atoms with Gasteiger partial charge in [-0.05, 0) is 40.2 Å². The molecule has 5 heteroatoms. The van der Waals surface area contributed by atoms with Crippen molar-refractivity contribution in [1.29, 1.82) is 0 Å². The fraction of sp³-hybridized carbons (Fsp3) is 0.267. The van der Waals surface area contributed by atoms with Gasteiger partial charge in [0, 0.05) is 23.9 Å². The summed E-state index contributed by atoms with van der Waals surface area (Å²) in [6.45, 7) is 0. The maximum absolute atomic E-state index is 10.4. The van der Waals surface area contributed by atoms with E-state index in [1.165, 1.54) is 0 Å². The van der Waals surface area contributed by atoms with Gasteiger partial charge in [0.1, 0.15) is 16.0 Å². The lowest BCUT2D eigenvalue weighted by Crippen LogP contribution is -2.06. The van der Waals surface area contributed by atoms with Crippen LogP contribution in [0.3, 0.4) is 0 Å². The van der Waals surface area contributed by atoms with Crippen molar-refractivity contribution in [2.75, 3.05) is 14.2 Å². The van der Waals surface area contributed by atoms with Gasteiger partial charge in [-0.2, -0.15) is 0 Å². The molecule has 0 spiro atoms. The highest BCUT2D eigenvalue weighted by atomic mass is 79.9. The van der Waals surface area contributed by atoms with Gasteiger partial charge in [-0.15, -0.1) is 0 Å². The second-order valence-electron chi connectivity index (χ2n) is 4.25. The molecule has 1 unspecified atom stereocenters. The third kappa shape index (κ3) is 3.11. The zero-order valence-electron chi connectivity index (χ0n) is 11.3. The number of ether oxygens (including phenoxy) is 2. The molecule has 0 aliphatic heterocycles. The van der Waals surface area contributed by atoms with E-state index in [-0.39, 0.29) is 0 Å². The zero-order valence-corrected chi connectivity index (χ0v) is 12.9. The maximum Gasteiger partial charge on any atom is 0.142 e. The normalized spacial score (nSPS) is 12.0. The highest BCUT2D eigenvalue weighted by molar-refractivity contribution is 9.10. The Bertz CT molecular complexity index is 575. The number of nitrogens with zero attached hydrogens (tertiary/aromatic N) is 1. The monoisotopic (exact) mass is 337 g/mol. The topological polar surface area (TPSA) is 51.6 Å². The van der Waals surface area contributed by atoms with Crippen LogP contribution in [-0.4, -0.2) is 24.3 Å².